The van der Waals surface area contributed by atoms with E-state index in [-0.39, 0.29) is 16.4 Å². The van der Waals surface area contributed by atoms with Crippen LogP contribution in [0.2, 0.25) is 0 Å². The lowest BCUT2D eigenvalue weighted by Gasteiger charge is -2.08. The zero-order valence-electron chi connectivity index (χ0n) is 12.5. The van der Waals surface area contributed by atoms with Crippen LogP contribution in [0.1, 0.15) is 10.4 Å². The number of anilines is 1. The van der Waals surface area contributed by atoms with Crippen LogP contribution < -0.4 is 15.4 Å². The molecule has 0 saturated heterocycles. The molecule has 0 atom stereocenters. The van der Waals surface area contributed by atoms with Crippen LogP contribution in [-0.4, -0.2) is 44.4 Å². The Kier molecular flexibility index (Phi) is 5.61. The van der Waals surface area contributed by atoms with Gasteiger partial charge in [-0.2, -0.15) is 0 Å². The lowest BCUT2D eigenvalue weighted by atomic mass is 10.2. The highest BCUT2D eigenvalue weighted by Gasteiger charge is 2.13. The standard InChI is InChI=1S/C14H17N5O3S/c1-15-23(21,22)12-4-2-3-11(9-12)14(20)19-8-7-18-13-10-16-5-6-17-13/h2-6,9-10,15H,7-8H2,1H3,(H,17,18)(H,19,20). The summed E-state index contributed by atoms with van der Waals surface area (Å²) >= 11 is 0. The first kappa shape index (κ1) is 16.8. The maximum absolute atomic E-state index is 12.0. The predicted octanol–water partition coefficient (Wildman–Crippen LogP) is 0.227. The molecule has 0 spiro atoms. The zero-order chi connectivity index (χ0) is 16.7. The Labute approximate surface area is 134 Å². The number of rotatable bonds is 7. The largest absolute Gasteiger partial charge is 0.367 e. The van der Waals surface area contributed by atoms with E-state index in [1.165, 1.54) is 25.2 Å². The van der Waals surface area contributed by atoms with Crippen LogP contribution in [0.3, 0.4) is 0 Å². The number of amides is 1. The number of nitrogens with zero attached hydrogens (tertiary/aromatic N) is 2. The van der Waals surface area contributed by atoms with E-state index in [0.29, 0.717) is 18.9 Å². The second-order valence-electron chi connectivity index (χ2n) is 4.51. The SMILES string of the molecule is CNS(=O)(=O)c1cccc(C(=O)NCCNc2cnccn2)c1. The summed E-state index contributed by atoms with van der Waals surface area (Å²) in [5.41, 5.74) is 0.279. The molecule has 3 N–H and O–H groups in total. The minimum absolute atomic E-state index is 0.0466. The number of aromatic nitrogens is 2. The third-order valence-corrected chi connectivity index (χ3v) is 4.37. The fourth-order valence-corrected chi connectivity index (χ4v) is 2.56. The van der Waals surface area contributed by atoms with Gasteiger partial charge >= 0.3 is 0 Å². The molecule has 23 heavy (non-hydrogen) atoms. The number of carbonyl (C=O) groups is 1. The molecule has 0 bridgehead atoms. The van der Waals surface area contributed by atoms with Gasteiger partial charge < -0.3 is 10.6 Å². The first-order valence-electron chi connectivity index (χ1n) is 6.84. The second kappa shape index (κ2) is 7.65. The highest BCUT2D eigenvalue weighted by atomic mass is 32.2. The lowest BCUT2D eigenvalue weighted by molar-refractivity contribution is 0.0955. The molecule has 0 radical (unpaired) electrons. The molecule has 122 valence electrons. The van der Waals surface area contributed by atoms with Crippen molar-refractivity contribution in [3.05, 3.63) is 48.4 Å². The van der Waals surface area contributed by atoms with Crippen molar-refractivity contribution in [1.82, 2.24) is 20.0 Å². The molecule has 0 aliphatic carbocycles. The van der Waals surface area contributed by atoms with Crippen LogP contribution >= 0.6 is 0 Å². The van der Waals surface area contributed by atoms with E-state index in [9.17, 15) is 13.2 Å². The minimum atomic E-state index is -3.57. The van der Waals surface area contributed by atoms with Gasteiger partial charge in [0.1, 0.15) is 5.82 Å². The van der Waals surface area contributed by atoms with E-state index in [0.717, 1.165) is 0 Å². The fourth-order valence-electron chi connectivity index (χ4n) is 1.78. The first-order valence-corrected chi connectivity index (χ1v) is 8.33. The first-order chi connectivity index (χ1) is 11.0. The zero-order valence-corrected chi connectivity index (χ0v) is 13.3. The molecule has 0 saturated carbocycles. The summed E-state index contributed by atoms with van der Waals surface area (Å²) in [6, 6.07) is 5.84. The molecule has 0 aliphatic heterocycles. The third-order valence-electron chi connectivity index (χ3n) is 2.96. The lowest BCUT2D eigenvalue weighted by Crippen LogP contribution is -2.29. The highest BCUT2D eigenvalue weighted by molar-refractivity contribution is 7.89. The van der Waals surface area contributed by atoms with Crippen molar-refractivity contribution in [2.45, 2.75) is 4.90 Å². The molecule has 2 rings (SSSR count). The van der Waals surface area contributed by atoms with Crippen LogP contribution in [0.4, 0.5) is 5.82 Å². The summed E-state index contributed by atoms with van der Waals surface area (Å²) in [4.78, 5) is 20.0. The monoisotopic (exact) mass is 335 g/mol. The molecule has 0 unspecified atom stereocenters. The van der Waals surface area contributed by atoms with Crippen LogP contribution in [0, 0.1) is 0 Å². The maximum Gasteiger partial charge on any atom is 0.251 e. The van der Waals surface area contributed by atoms with Crippen LogP contribution in [0.5, 0.6) is 0 Å². The van der Waals surface area contributed by atoms with Gasteiger partial charge in [-0.25, -0.2) is 18.1 Å². The van der Waals surface area contributed by atoms with Gasteiger partial charge in [-0.1, -0.05) is 6.07 Å². The van der Waals surface area contributed by atoms with Gasteiger partial charge in [-0.05, 0) is 25.2 Å². The highest BCUT2D eigenvalue weighted by Crippen LogP contribution is 2.11. The maximum atomic E-state index is 12.0. The van der Waals surface area contributed by atoms with E-state index in [1.807, 2.05) is 0 Å². The normalized spacial score (nSPS) is 11.0. The van der Waals surface area contributed by atoms with Gasteiger partial charge in [-0.15, -0.1) is 0 Å². The quantitative estimate of drug-likeness (QED) is 0.624. The number of benzene rings is 1. The van der Waals surface area contributed by atoms with Crippen LogP contribution in [0.25, 0.3) is 0 Å². The molecule has 0 aliphatic rings. The Bertz CT molecular complexity index is 765. The van der Waals surface area contributed by atoms with Crippen LogP contribution in [-0.2, 0) is 10.0 Å². The van der Waals surface area contributed by atoms with Crippen molar-refractivity contribution in [2.75, 3.05) is 25.5 Å². The van der Waals surface area contributed by atoms with Crippen molar-refractivity contribution in [1.29, 1.82) is 0 Å². The fraction of sp³-hybridized carbons (Fsp3) is 0.214. The van der Waals surface area contributed by atoms with Crippen LogP contribution in [0.15, 0.2) is 47.8 Å². The Morgan fingerprint density at radius 2 is 2.04 bits per heavy atom. The van der Waals surface area contributed by atoms with Crippen molar-refractivity contribution in [3.63, 3.8) is 0 Å². The van der Waals surface area contributed by atoms with E-state index in [4.69, 9.17) is 0 Å². The average Bonchev–Trinajstić information content (AvgIpc) is 2.59. The third kappa shape index (κ3) is 4.73. The van der Waals surface area contributed by atoms with Gasteiger partial charge in [-0.3, -0.25) is 9.78 Å². The molecular weight excluding hydrogens is 318 g/mol. The van der Waals surface area contributed by atoms with E-state index >= 15 is 0 Å². The number of sulfonamides is 1. The predicted molar refractivity (Wildman–Crippen MR) is 85.5 cm³/mol. The van der Waals surface area contributed by atoms with Crippen molar-refractivity contribution < 1.29 is 13.2 Å². The molecule has 1 aromatic carbocycles. The smallest absolute Gasteiger partial charge is 0.251 e. The minimum Gasteiger partial charge on any atom is -0.367 e. The molecular formula is C14H17N5O3S. The number of hydrogen-bond acceptors (Lipinski definition) is 6. The Balaban J connectivity index is 1.90. The van der Waals surface area contributed by atoms with Gasteiger partial charge in [0.05, 0.1) is 11.1 Å². The summed E-state index contributed by atoms with van der Waals surface area (Å²) in [6.07, 6.45) is 4.71. The van der Waals surface area contributed by atoms with Crippen molar-refractivity contribution in [2.24, 2.45) is 0 Å². The Morgan fingerprint density at radius 3 is 2.74 bits per heavy atom. The molecule has 1 heterocycles. The summed E-state index contributed by atoms with van der Waals surface area (Å²) < 4.78 is 25.7. The summed E-state index contributed by atoms with van der Waals surface area (Å²) in [5.74, 6) is 0.267. The molecule has 9 heteroatoms. The van der Waals surface area contributed by atoms with Gasteiger partial charge in [0.25, 0.3) is 5.91 Å². The molecule has 2 aromatic rings. The van der Waals surface area contributed by atoms with Crippen molar-refractivity contribution in [3.8, 4) is 0 Å². The summed E-state index contributed by atoms with van der Waals surface area (Å²) in [7, 11) is -2.25. The average molecular weight is 335 g/mol. The van der Waals surface area contributed by atoms with E-state index in [1.54, 1.807) is 24.7 Å². The van der Waals surface area contributed by atoms with Gasteiger partial charge in [0.2, 0.25) is 10.0 Å². The topological polar surface area (TPSA) is 113 Å². The molecule has 1 amide bonds. The number of nitrogens with one attached hydrogen (secondary N) is 3. The number of carbonyl (C=O) groups excluding carboxylic acids is 1. The number of hydrogen-bond donors (Lipinski definition) is 3. The Hall–Kier alpha value is -2.52. The van der Waals surface area contributed by atoms with Crippen molar-refractivity contribution >= 4 is 21.7 Å². The molecule has 0 fully saturated rings. The summed E-state index contributed by atoms with van der Waals surface area (Å²) in [5, 5.41) is 5.70. The van der Waals surface area contributed by atoms with Gasteiger partial charge in [0.15, 0.2) is 0 Å². The Morgan fingerprint density at radius 1 is 1.22 bits per heavy atom. The van der Waals surface area contributed by atoms with E-state index in [2.05, 4.69) is 25.3 Å². The van der Waals surface area contributed by atoms with Gasteiger partial charge in [0, 0.05) is 31.0 Å². The second-order valence-corrected chi connectivity index (χ2v) is 6.40. The molecule has 1 aromatic heterocycles. The molecule has 8 nitrogen and oxygen atoms in total. The summed E-state index contributed by atoms with van der Waals surface area (Å²) in [6.45, 7) is 0.831. The van der Waals surface area contributed by atoms with E-state index < -0.39 is 10.0 Å².